The van der Waals surface area contributed by atoms with Crippen LogP contribution in [0.4, 0.5) is 0 Å². The highest BCUT2D eigenvalue weighted by Crippen LogP contribution is 2.45. The summed E-state index contributed by atoms with van der Waals surface area (Å²) in [7, 11) is 1.60. The molecule has 4 rings (SSSR count). The molecule has 2 aromatic carbocycles. The Morgan fingerprint density at radius 2 is 2.00 bits per heavy atom. The largest absolute Gasteiger partial charge is 0.507 e. The minimum atomic E-state index is -0.418. The molecule has 1 aliphatic rings. The lowest BCUT2D eigenvalue weighted by Crippen LogP contribution is -2.31. The summed E-state index contributed by atoms with van der Waals surface area (Å²) in [5.41, 5.74) is 3.61. The number of aliphatic hydroxyl groups excluding tert-OH is 1. The first-order valence-corrected chi connectivity index (χ1v) is 9.97. The Morgan fingerprint density at radius 3 is 2.67 bits per heavy atom. The molecule has 0 saturated heterocycles. The Morgan fingerprint density at radius 1 is 1.27 bits per heavy atom. The van der Waals surface area contributed by atoms with E-state index in [4.69, 9.17) is 16.3 Å². The number of phenols is 1. The van der Waals surface area contributed by atoms with E-state index in [0.717, 1.165) is 11.1 Å². The second-order valence-corrected chi connectivity index (χ2v) is 7.64. The number of amides is 1. The van der Waals surface area contributed by atoms with Gasteiger partial charge in [0.25, 0.3) is 5.91 Å². The molecular formula is C22H22ClN3O4. The number of carbonyl (C=O) groups excluding carboxylic acids is 1. The Labute approximate surface area is 178 Å². The number of methoxy groups -OCH3 is 1. The van der Waals surface area contributed by atoms with Crippen LogP contribution in [0.5, 0.6) is 11.5 Å². The van der Waals surface area contributed by atoms with Crippen molar-refractivity contribution in [1.29, 1.82) is 0 Å². The van der Waals surface area contributed by atoms with Crippen molar-refractivity contribution in [3.05, 3.63) is 63.8 Å². The van der Waals surface area contributed by atoms with Crippen molar-refractivity contribution in [3.8, 4) is 22.8 Å². The summed E-state index contributed by atoms with van der Waals surface area (Å²) in [6.07, 6.45) is 0.451. The zero-order valence-electron chi connectivity index (χ0n) is 16.6. The number of nitrogens with zero attached hydrogens (tertiary/aromatic N) is 2. The van der Waals surface area contributed by atoms with E-state index in [-0.39, 0.29) is 18.3 Å². The predicted molar refractivity (Wildman–Crippen MR) is 113 cm³/mol. The number of fused-ring (bicyclic) bond motifs is 1. The number of hydrogen-bond acceptors (Lipinski definition) is 5. The summed E-state index contributed by atoms with van der Waals surface area (Å²) in [4.78, 5) is 14.8. The molecule has 0 bridgehead atoms. The molecule has 1 amide bonds. The van der Waals surface area contributed by atoms with Gasteiger partial charge in [-0.25, -0.2) is 0 Å². The summed E-state index contributed by atoms with van der Waals surface area (Å²) in [6.45, 7) is 2.17. The lowest BCUT2D eigenvalue weighted by atomic mass is 9.95. The monoisotopic (exact) mass is 427 g/mol. The summed E-state index contributed by atoms with van der Waals surface area (Å²) >= 11 is 6.30. The van der Waals surface area contributed by atoms with Crippen LogP contribution in [0, 0.1) is 6.92 Å². The normalized spacial score (nSPS) is 15.5. The molecule has 0 saturated carbocycles. The molecule has 1 atom stereocenters. The Hall–Kier alpha value is -3.03. The Kier molecular flexibility index (Phi) is 5.40. The summed E-state index contributed by atoms with van der Waals surface area (Å²) in [6, 6.07) is 10.3. The van der Waals surface area contributed by atoms with E-state index in [9.17, 15) is 15.0 Å². The molecule has 0 unspecified atom stereocenters. The third-order valence-corrected chi connectivity index (χ3v) is 5.79. The lowest BCUT2D eigenvalue weighted by Gasteiger charge is -2.26. The molecule has 2 heterocycles. The first-order valence-electron chi connectivity index (χ1n) is 9.59. The minimum Gasteiger partial charge on any atom is -0.507 e. The number of phenolic OH excluding ortho intramolecular Hbond substituents is 1. The van der Waals surface area contributed by atoms with Crippen molar-refractivity contribution in [2.75, 3.05) is 20.3 Å². The molecule has 1 aromatic heterocycles. The number of hydrogen-bond donors (Lipinski definition) is 3. The molecule has 8 heteroatoms. The molecule has 1 aliphatic heterocycles. The maximum atomic E-state index is 13.1. The van der Waals surface area contributed by atoms with Crippen molar-refractivity contribution < 1.29 is 19.7 Å². The number of aromatic nitrogens is 2. The second-order valence-electron chi connectivity index (χ2n) is 7.23. The topological polar surface area (TPSA) is 98.7 Å². The molecule has 0 radical (unpaired) electrons. The number of halogens is 1. The number of aromatic hydroxyl groups is 1. The third-order valence-electron chi connectivity index (χ3n) is 5.38. The highest BCUT2D eigenvalue weighted by molar-refractivity contribution is 6.31. The number of benzene rings is 2. The SMILES string of the molecule is COc1ccc([C@@H]2c3c(-c4cc(Cl)c(C)cc4O)n[nH]c3C(=O)N2CCCO)cc1. The second kappa shape index (κ2) is 8.01. The zero-order chi connectivity index (χ0) is 21.4. The van der Waals surface area contributed by atoms with E-state index in [1.807, 2.05) is 24.3 Å². The number of rotatable bonds is 6. The van der Waals surface area contributed by atoms with Gasteiger partial charge in [-0.15, -0.1) is 0 Å². The molecular weight excluding hydrogens is 406 g/mol. The maximum absolute atomic E-state index is 13.1. The van der Waals surface area contributed by atoms with Crippen molar-refractivity contribution in [2.45, 2.75) is 19.4 Å². The standard InChI is InChI=1S/C22H22ClN3O4/c1-12-10-17(28)15(11-16(12)23)19-18-20(25-24-19)22(29)26(8-3-9-27)21(18)13-4-6-14(30-2)7-5-13/h4-7,10-11,21,27-28H,3,8-9H2,1-2H3,(H,24,25)/t21-/m1/s1. The number of aliphatic hydroxyl groups is 1. The first-order chi connectivity index (χ1) is 14.5. The number of H-pyrrole nitrogens is 1. The molecule has 156 valence electrons. The van der Waals surface area contributed by atoms with E-state index in [2.05, 4.69) is 10.2 Å². The van der Waals surface area contributed by atoms with Crippen LogP contribution < -0.4 is 4.74 Å². The number of nitrogens with one attached hydrogen (secondary N) is 1. The molecule has 0 fully saturated rings. The van der Waals surface area contributed by atoms with Gasteiger partial charge in [-0.1, -0.05) is 23.7 Å². The van der Waals surface area contributed by atoms with Crippen molar-refractivity contribution in [1.82, 2.24) is 15.1 Å². The number of aromatic amines is 1. The van der Waals surface area contributed by atoms with Gasteiger partial charge in [0.1, 0.15) is 22.9 Å². The van der Waals surface area contributed by atoms with Gasteiger partial charge in [0.15, 0.2) is 0 Å². The highest BCUT2D eigenvalue weighted by atomic mass is 35.5. The quantitative estimate of drug-likeness (QED) is 0.557. The maximum Gasteiger partial charge on any atom is 0.273 e. The summed E-state index contributed by atoms with van der Waals surface area (Å²) in [5, 5.41) is 27.6. The molecule has 7 nitrogen and oxygen atoms in total. The Bertz CT molecular complexity index is 1090. The van der Waals surface area contributed by atoms with Crippen LogP contribution in [-0.4, -0.2) is 51.5 Å². The van der Waals surface area contributed by atoms with Crippen LogP contribution in [0.25, 0.3) is 11.3 Å². The van der Waals surface area contributed by atoms with Gasteiger partial charge >= 0.3 is 0 Å². The Balaban J connectivity index is 1.88. The van der Waals surface area contributed by atoms with Gasteiger partial charge in [-0.2, -0.15) is 5.10 Å². The number of ether oxygens (including phenoxy) is 1. The average molecular weight is 428 g/mol. The summed E-state index contributed by atoms with van der Waals surface area (Å²) in [5.74, 6) is 0.553. The van der Waals surface area contributed by atoms with Gasteiger partial charge in [0.2, 0.25) is 0 Å². The molecule has 0 aliphatic carbocycles. The first kappa shape index (κ1) is 20.3. The smallest absolute Gasteiger partial charge is 0.273 e. The van der Waals surface area contributed by atoms with Crippen LogP contribution in [-0.2, 0) is 0 Å². The fourth-order valence-electron chi connectivity index (χ4n) is 3.86. The number of aryl methyl sites for hydroxylation is 1. The van der Waals surface area contributed by atoms with Crippen LogP contribution in [0.15, 0.2) is 36.4 Å². The molecule has 3 N–H and O–H groups in total. The van der Waals surface area contributed by atoms with Crippen LogP contribution in [0.3, 0.4) is 0 Å². The summed E-state index contributed by atoms with van der Waals surface area (Å²) < 4.78 is 5.25. The van der Waals surface area contributed by atoms with Crippen molar-refractivity contribution in [3.63, 3.8) is 0 Å². The van der Waals surface area contributed by atoms with E-state index < -0.39 is 6.04 Å². The third kappa shape index (κ3) is 3.30. The predicted octanol–water partition coefficient (Wildman–Crippen LogP) is 3.68. The zero-order valence-corrected chi connectivity index (χ0v) is 17.4. The number of carbonyl (C=O) groups is 1. The fourth-order valence-corrected chi connectivity index (χ4v) is 4.03. The van der Waals surface area contributed by atoms with Crippen LogP contribution in [0.2, 0.25) is 5.02 Å². The highest BCUT2D eigenvalue weighted by Gasteiger charge is 2.42. The van der Waals surface area contributed by atoms with Crippen LogP contribution >= 0.6 is 11.6 Å². The minimum absolute atomic E-state index is 0.0213. The van der Waals surface area contributed by atoms with Gasteiger partial charge in [0, 0.05) is 29.3 Å². The average Bonchev–Trinajstić information content (AvgIpc) is 3.28. The fraction of sp³-hybridized carbons (Fsp3) is 0.273. The van der Waals surface area contributed by atoms with Gasteiger partial charge < -0.3 is 19.8 Å². The van der Waals surface area contributed by atoms with Crippen molar-refractivity contribution in [2.24, 2.45) is 0 Å². The lowest BCUT2D eigenvalue weighted by molar-refractivity contribution is 0.0732. The van der Waals surface area contributed by atoms with Gasteiger partial charge in [-0.05, 0) is 48.7 Å². The van der Waals surface area contributed by atoms with E-state index >= 15 is 0 Å². The van der Waals surface area contributed by atoms with E-state index in [0.29, 0.717) is 46.3 Å². The van der Waals surface area contributed by atoms with Gasteiger partial charge in [-0.3, -0.25) is 9.89 Å². The van der Waals surface area contributed by atoms with Crippen molar-refractivity contribution >= 4 is 17.5 Å². The molecule has 3 aromatic rings. The molecule has 0 spiro atoms. The molecule has 30 heavy (non-hydrogen) atoms. The van der Waals surface area contributed by atoms with E-state index in [1.54, 1.807) is 31.1 Å². The van der Waals surface area contributed by atoms with E-state index in [1.165, 1.54) is 0 Å². The van der Waals surface area contributed by atoms with Crippen LogP contribution in [0.1, 0.15) is 39.6 Å². The van der Waals surface area contributed by atoms with Gasteiger partial charge in [0.05, 0.1) is 13.2 Å².